The molecule has 2 rings (SSSR count). The third-order valence-corrected chi connectivity index (χ3v) is 4.43. The molecule has 1 aliphatic heterocycles. The SMILES string of the molecule is CC1CCC(C2COS(=O)(=O)OC2)CC1. The first kappa shape index (κ1) is 11.4. The van der Waals surface area contributed by atoms with Crippen molar-refractivity contribution >= 4 is 10.4 Å². The molecule has 0 unspecified atom stereocenters. The predicted octanol–water partition coefficient (Wildman–Crippen LogP) is 1.72. The van der Waals surface area contributed by atoms with Crippen LogP contribution in [0.2, 0.25) is 0 Å². The Morgan fingerprint density at radius 2 is 1.47 bits per heavy atom. The van der Waals surface area contributed by atoms with E-state index in [4.69, 9.17) is 8.37 Å². The average Bonchev–Trinajstić information content (AvgIpc) is 2.20. The number of hydrogen-bond acceptors (Lipinski definition) is 4. The summed E-state index contributed by atoms with van der Waals surface area (Å²) in [6, 6.07) is 0. The van der Waals surface area contributed by atoms with Crippen molar-refractivity contribution in [1.82, 2.24) is 0 Å². The minimum atomic E-state index is -3.67. The molecule has 1 heterocycles. The van der Waals surface area contributed by atoms with Gasteiger partial charge in [0.2, 0.25) is 0 Å². The Hall–Kier alpha value is -0.130. The topological polar surface area (TPSA) is 52.6 Å². The highest BCUT2D eigenvalue weighted by molar-refractivity contribution is 7.81. The van der Waals surface area contributed by atoms with Crippen LogP contribution in [0.3, 0.4) is 0 Å². The van der Waals surface area contributed by atoms with Gasteiger partial charge in [0.25, 0.3) is 0 Å². The standard InChI is InChI=1S/C10H18O4S/c1-8-2-4-9(5-3-8)10-6-13-15(11,12)14-7-10/h8-10H,2-7H2,1H3. The second kappa shape index (κ2) is 4.39. The van der Waals surface area contributed by atoms with E-state index < -0.39 is 10.4 Å². The quantitative estimate of drug-likeness (QED) is 0.693. The third kappa shape index (κ3) is 2.92. The van der Waals surface area contributed by atoms with Gasteiger partial charge in [-0.25, -0.2) is 8.37 Å². The molecule has 15 heavy (non-hydrogen) atoms. The van der Waals surface area contributed by atoms with Crippen LogP contribution in [0.5, 0.6) is 0 Å². The summed E-state index contributed by atoms with van der Waals surface area (Å²) in [5.74, 6) is 1.66. The molecule has 0 amide bonds. The van der Waals surface area contributed by atoms with Gasteiger partial charge in [-0.2, -0.15) is 8.42 Å². The molecule has 0 aromatic rings. The van der Waals surface area contributed by atoms with Crippen molar-refractivity contribution in [1.29, 1.82) is 0 Å². The highest BCUT2D eigenvalue weighted by atomic mass is 32.3. The first-order chi connectivity index (χ1) is 7.07. The van der Waals surface area contributed by atoms with Crippen LogP contribution in [0.25, 0.3) is 0 Å². The van der Waals surface area contributed by atoms with E-state index >= 15 is 0 Å². The maximum atomic E-state index is 10.9. The molecule has 4 nitrogen and oxygen atoms in total. The van der Waals surface area contributed by atoms with Crippen LogP contribution in [0.4, 0.5) is 0 Å². The molecule has 1 saturated heterocycles. The van der Waals surface area contributed by atoms with Crippen LogP contribution in [-0.4, -0.2) is 21.6 Å². The Kier molecular flexibility index (Phi) is 3.33. The molecule has 2 fully saturated rings. The first-order valence-electron chi connectivity index (χ1n) is 5.60. The molecule has 1 aliphatic carbocycles. The number of hydrogen-bond donors (Lipinski definition) is 0. The van der Waals surface area contributed by atoms with E-state index in [1.165, 1.54) is 25.7 Å². The van der Waals surface area contributed by atoms with Crippen LogP contribution >= 0.6 is 0 Å². The monoisotopic (exact) mass is 234 g/mol. The first-order valence-corrected chi connectivity index (χ1v) is 6.94. The van der Waals surface area contributed by atoms with Gasteiger partial charge in [0, 0.05) is 5.92 Å². The molecular weight excluding hydrogens is 216 g/mol. The van der Waals surface area contributed by atoms with Gasteiger partial charge in [-0.3, -0.25) is 0 Å². The Labute approximate surface area is 91.3 Å². The lowest BCUT2D eigenvalue weighted by Gasteiger charge is -2.33. The van der Waals surface area contributed by atoms with E-state index in [1.807, 2.05) is 0 Å². The molecule has 0 aromatic carbocycles. The molecule has 5 heteroatoms. The molecule has 0 aromatic heterocycles. The normalized spacial score (nSPS) is 37.7. The van der Waals surface area contributed by atoms with Gasteiger partial charge in [-0.1, -0.05) is 19.8 Å². The van der Waals surface area contributed by atoms with Crippen LogP contribution in [0.15, 0.2) is 0 Å². The summed E-state index contributed by atoms with van der Waals surface area (Å²) < 4.78 is 31.2. The molecule has 88 valence electrons. The lowest BCUT2D eigenvalue weighted by molar-refractivity contribution is 0.0525. The molecule has 0 radical (unpaired) electrons. The summed E-state index contributed by atoms with van der Waals surface area (Å²) in [7, 11) is -3.67. The van der Waals surface area contributed by atoms with E-state index in [0.29, 0.717) is 19.1 Å². The van der Waals surface area contributed by atoms with Crippen molar-refractivity contribution in [3.63, 3.8) is 0 Å². The summed E-state index contributed by atoms with van der Waals surface area (Å²) in [6.45, 7) is 2.89. The second-order valence-electron chi connectivity index (χ2n) is 4.76. The zero-order valence-corrected chi connectivity index (χ0v) is 9.83. The van der Waals surface area contributed by atoms with Crippen LogP contribution in [0.1, 0.15) is 32.6 Å². The summed E-state index contributed by atoms with van der Waals surface area (Å²) in [6.07, 6.45) is 4.85. The zero-order valence-electron chi connectivity index (χ0n) is 9.02. The molecule has 0 N–H and O–H groups in total. The Bertz CT molecular complexity index is 289. The van der Waals surface area contributed by atoms with Gasteiger partial charge in [0.05, 0.1) is 13.2 Å². The van der Waals surface area contributed by atoms with Crippen LogP contribution < -0.4 is 0 Å². The third-order valence-electron chi connectivity index (χ3n) is 3.58. The largest absolute Gasteiger partial charge is 0.399 e. The summed E-state index contributed by atoms with van der Waals surface area (Å²) in [4.78, 5) is 0. The van der Waals surface area contributed by atoms with Crippen molar-refractivity contribution in [2.24, 2.45) is 17.8 Å². The number of rotatable bonds is 1. The van der Waals surface area contributed by atoms with E-state index in [1.54, 1.807) is 0 Å². The minimum absolute atomic E-state index is 0.265. The van der Waals surface area contributed by atoms with Crippen molar-refractivity contribution in [2.45, 2.75) is 32.6 Å². The minimum Gasteiger partial charge on any atom is -0.248 e. The van der Waals surface area contributed by atoms with Crippen molar-refractivity contribution in [3.8, 4) is 0 Å². The fraction of sp³-hybridized carbons (Fsp3) is 1.00. The fourth-order valence-electron chi connectivity index (χ4n) is 2.45. The molecule has 0 atom stereocenters. The van der Waals surface area contributed by atoms with E-state index in [0.717, 1.165) is 5.92 Å². The maximum absolute atomic E-state index is 10.9. The van der Waals surface area contributed by atoms with E-state index in [9.17, 15) is 8.42 Å². The van der Waals surface area contributed by atoms with E-state index in [2.05, 4.69) is 6.92 Å². The van der Waals surface area contributed by atoms with Gasteiger partial charge in [0.15, 0.2) is 0 Å². The fourth-order valence-corrected chi connectivity index (χ4v) is 3.20. The summed E-state index contributed by atoms with van der Waals surface area (Å²) in [5, 5.41) is 0. The Balaban J connectivity index is 1.86. The van der Waals surface area contributed by atoms with E-state index in [-0.39, 0.29) is 5.92 Å². The summed E-state index contributed by atoms with van der Waals surface area (Å²) >= 11 is 0. The second-order valence-corrected chi connectivity index (χ2v) is 6.05. The Morgan fingerprint density at radius 3 is 2.00 bits per heavy atom. The van der Waals surface area contributed by atoms with Crippen LogP contribution in [0, 0.1) is 17.8 Å². The zero-order chi connectivity index (χ0) is 10.9. The maximum Gasteiger partial charge on any atom is 0.399 e. The van der Waals surface area contributed by atoms with Gasteiger partial charge >= 0.3 is 10.4 Å². The van der Waals surface area contributed by atoms with Gasteiger partial charge in [-0.15, -0.1) is 0 Å². The average molecular weight is 234 g/mol. The smallest absolute Gasteiger partial charge is 0.248 e. The highest BCUT2D eigenvalue weighted by Gasteiger charge is 2.32. The molecular formula is C10H18O4S. The predicted molar refractivity (Wildman–Crippen MR) is 55.4 cm³/mol. The summed E-state index contributed by atoms with van der Waals surface area (Å²) in [5.41, 5.74) is 0. The highest BCUT2D eigenvalue weighted by Crippen LogP contribution is 2.35. The molecule has 0 bridgehead atoms. The van der Waals surface area contributed by atoms with Crippen LogP contribution in [-0.2, 0) is 18.8 Å². The Morgan fingerprint density at radius 1 is 0.933 bits per heavy atom. The van der Waals surface area contributed by atoms with Crippen molar-refractivity contribution in [3.05, 3.63) is 0 Å². The van der Waals surface area contributed by atoms with Gasteiger partial charge in [0.1, 0.15) is 0 Å². The van der Waals surface area contributed by atoms with Gasteiger partial charge < -0.3 is 0 Å². The van der Waals surface area contributed by atoms with Gasteiger partial charge in [-0.05, 0) is 24.7 Å². The van der Waals surface area contributed by atoms with Crippen molar-refractivity contribution < 1.29 is 16.8 Å². The molecule has 2 aliphatic rings. The lowest BCUT2D eigenvalue weighted by atomic mass is 9.77. The molecule has 0 spiro atoms. The molecule has 1 saturated carbocycles. The lowest BCUT2D eigenvalue weighted by Crippen LogP contribution is -2.34. The van der Waals surface area contributed by atoms with Crippen molar-refractivity contribution in [2.75, 3.05) is 13.2 Å².